The maximum Gasteiger partial charge on any atom is 0.264 e. The minimum absolute atomic E-state index is 0.00864. The lowest BCUT2D eigenvalue weighted by Crippen LogP contribution is -2.61. The molecule has 5 aromatic carbocycles. The second kappa shape index (κ2) is 13.9. The first-order chi connectivity index (χ1) is 31.0. The fraction of sp³-hybridized carbons (Fsp3) is 0.484. The van der Waals surface area contributed by atoms with E-state index >= 15 is 0 Å². The molecule has 4 heteroatoms. The van der Waals surface area contributed by atoms with Crippen molar-refractivity contribution in [3.63, 3.8) is 0 Å². The fourth-order valence-corrected chi connectivity index (χ4v) is 15.9. The van der Waals surface area contributed by atoms with Crippen LogP contribution < -0.4 is 25.5 Å². The molecule has 2 aliphatic heterocycles. The summed E-state index contributed by atoms with van der Waals surface area (Å²) in [6, 6.07) is 37.9. The van der Waals surface area contributed by atoms with Crippen molar-refractivity contribution in [1.82, 2.24) is 0 Å². The summed E-state index contributed by atoms with van der Waals surface area (Å²) in [5, 5.41) is 1.39. The summed E-state index contributed by atoms with van der Waals surface area (Å²) in [5.41, 5.74) is 20.5. The molecule has 0 unspecified atom stereocenters. The van der Waals surface area contributed by atoms with Gasteiger partial charge in [0.05, 0.1) is 5.69 Å². The van der Waals surface area contributed by atoms with Crippen molar-refractivity contribution in [1.29, 1.82) is 0 Å². The molecule has 13 rings (SSSR count). The molecule has 6 aromatic rings. The lowest BCUT2D eigenvalue weighted by atomic mass is 9.35. The topological polar surface area (TPSA) is 6.48 Å². The van der Waals surface area contributed by atoms with Gasteiger partial charge in [0.15, 0.2) is 0 Å². The smallest absolute Gasteiger partial charge is 0.264 e. The van der Waals surface area contributed by atoms with E-state index in [1.807, 2.05) is 0 Å². The van der Waals surface area contributed by atoms with E-state index in [1.54, 1.807) is 5.56 Å². The number of thiophene rings is 1. The highest BCUT2D eigenvalue weighted by Gasteiger charge is 2.54. The van der Waals surface area contributed by atoms with Gasteiger partial charge in [-0.1, -0.05) is 132 Å². The number of rotatable bonds is 3. The Balaban J connectivity index is 1.20. The molecule has 0 spiro atoms. The van der Waals surface area contributed by atoms with E-state index < -0.39 is 0 Å². The van der Waals surface area contributed by atoms with Crippen LogP contribution in [0.2, 0.25) is 0 Å². The second-order valence-electron chi connectivity index (χ2n) is 26.8. The van der Waals surface area contributed by atoms with Gasteiger partial charge in [0.25, 0.3) is 6.71 Å². The Morgan fingerprint density at radius 3 is 1.67 bits per heavy atom. The van der Waals surface area contributed by atoms with Crippen LogP contribution in [0.15, 0.2) is 91.0 Å². The lowest BCUT2D eigenvalue weighted by molar-refractivity contribution is -0.00514. The number of anilines is 6. The molecule has 0 atom stereocenters. The molecule has 0 radical (unpaired) electrons. The van der Waals surface area contributed by atoms with Crippen LogP contribution in [0.4, 0.5) is 34.1 Å². The standard InChI is InChI=1S/C62H73BN2S/c1-57(2,3)40-14-18-44(19-15-40)64-50-23-17-41(58(4,5)6)29-49(50)63-54-51(64)30-43(62-34-37-26-38(35-62)28-39(27-37)36-62)31-52(54)65(45-20-22-47-48(33-45)61(12,13)25-24-60(47,10)11)55-46-21-16-42(59(7,8)9)32-53(46)66-56(55)63/h14-23,29-33,37-39H,24-28,34-36H2,1-13H3. The number of benzene rings is 5. The average molecular weight is 889 g/mol. The molecule has 0 saturated heterocycles. The van der Waals surface area contributed by atoms with Gasteiger partial charge in [0, 0.05) is 43.3 Å². The van der Waals surface area contributed by atoms with Crippen LogP contribution in [0.5, 0.6) is 0 Å². The fourth-order valence-electron chi connectivity index (χ4n) is 14.6. The predicted molar refractivity (Wildman–Crippen MR) is 287 cm³/mol. The average Bonchev–Trinajstić information content (AvgIpc) is 3.62. The van der Waals surface area contributed by atoms with Gasteiger partial charge in [0.1, 0.15) is 0 Å². The van der Waals surface area contributed by atoms with Crippen LogP contribution in [0, 0.1) is 17.8 Å². The molecule has 1 aromatic heterocycles. The SMILES string of the molecule is CC(C)(C)c1ccc(N2c3ccc(C(C)(C)C)cc3B3c4sc5cc(C(C)(C)C)ccc5c4N(c4ccc5c(c4)C(C)(C)CCC5(C)C)c4cc(C56CC7CC(CC(C7)C5)C6)cc2c43)cc1. The molecule has 66 heavy (non-hydrogen) atoms. The molecule has 4 fully saturated rings. The van der Waals surface area contributed by atoms with Crippen molar-refractivity contribution in [2.45, 2.75) is 174 Å². The van der Waals surface area contributed by atoms with Crippen molar-refractivity contribution in [2.24, 2.45) is 17.8 Å². The van der Waals surface area contributed by atoms with Gasteiger partial charge in [-0.3, -0.25) is 0 Å². The van der Waals surface area contributed by atoms with E-state index in [9.17, 15) is 0 Å². The molecule has 0 amide bonds. The first-order valence-corrected chi connectivity index (χ1v) is 26.6. The molecule has 7 aliphatic rings. The Labute approximate surface area is 401 Å². The van der Waals surface area contributed by atoms with E-state index in [0.29, 0.717) is 0 Å². The Bertz CT molecular complexity index is 2940. The van der Waals surface area contributed by atoms with Gasteiger partial charge < -0.3 is 9.80 Å². The minimum Gasteiger partial charge on any atom is -0.311 e. The van der Waals surface area contributed by atoms with Crippen molar-refractivity contribution in [3.8, 4) is 0 Å². The quantitative estimate of drug-likeness (QED) is 0.163. The molecular formula is C62H73BN2S. The number of fused-ring (bicyclic) bond motifs is 7. The van der Waals surface area contributed by atoms with Crippen LogP contribution in [-0.2, 0) is 32.5 Å². The molecule has 4 saturated carbocycles. The van der Waals surface area contributed by atoms with Crippen LogP contribution in [0.25, 0.3) is 10.1 Å². The van der Waals surface area contributed by atoms with E-state index in [2.05, 4.69) is 202 Å². The van der Waals surface area contributed by atoms with Gasteiger partial charge in [-0.25, -0.2) is 0 Å². The van der Waals surface area contributed by atoms with Crippen molar-refractivity contribution < 1.29 is 0 Å². The highest BCUT2D eigenvalue weighted by molar-refractivity contribution is 7.33. The van der Waals surface area contributed by atoms with Crippen LogP contribution in [0.3, 0.4) is 0 Å². The summed E-state index contributed by atoms with van der Waals surface area (Å²) in [4.78, 5) is 5.52. The summed E-state index contributed by atoms with van der Waals surface area (Å²) >= 11 is 2.07. The summed E-state index contributed by atoms with van der Waals surface area (Å²) in [6.07, 6.45) is 10.8. The van der Waals surface area contributed by atoms with E-state index in [0.717, 1.165) is 17.8 Å². The first-order valence-electron chi connectivity index (χ1n) is 25.7. The maximum atomic E-state index is 2.81. The molecule has 340 valence electrons. The molecule has 4 bridgehead atoms. The van der Waals surface area contributed by atoms with Crippen molar-refractivity contribution in [3.05, 3.63) is 124 Å². The molecule has 0 N–H and O–H groups in total. The zero-order valence-electron chi connectivity index (χ0n) is 42.4. The Hall–Kier alpha value is -4.28. The van der Waals surface area contributed by atoms with E-state index in [1.165, 1.54) is 139 Å². The highest BCUT2D eigenvalue weighted by Crippen LogP contribution is 2.62. The molecular weight excluding hydrogens is 816 g/mol. The Kier molecular flexibility index (Phi) is 9.08. The second-order valence-corrected chi connectivity index (χ2v) is 27.9. The van der Waals surface area contributed by atoms with Gasteiger partial charge in [-0.05, 0) is 194 Å². The number of hydrogen-bond acceptors (Lipinski definition) is 3. The third kappa shape index (κ3) is 6.45. The minimum atomic E-state index is 0.00864. The van der Waals surface area contributed by atoms with Gasteiger partial charge in [0.2, 0.25) is 0 Å². The van der Waals surface area contributed by atoms with Crippen molar-refractivity contribution in [2.75, 3.05) is 9.80 Å². The number of nitrogens with zero attached hydrogens (tertiary/aromatic N) is 2. The Morgan fingerprint density at radius 1 is 0.530 bits per heavy atom. The molecule has 5 aliphatic carbocycles. The molecule has 3 heterocycles. The van der Waals surface area contributed by atoms with E-state index in [4.69, 9.17) is 0 Å². The first kappa shape index (κ1) is 43.0. The van der Waals surface area contributed by atoms with Gasteiger partial charge >= 0.3 is 0 Å². The zero-order valence-corrected chi connectivity index (χ0v) is 43.2. The van der Waals surface area contributed by atoms with Crippen LogP contribution >= 0.6 is 11.3 Å². The van der Waals surface area contributed by atoms with Crippen LogP contribution in [0.1, 0.15) is 175 Å². The number of hydrogen-bond donors (Lipinski definition) is 0. The molecule has 2 nitrogen and oxygen atoms in total. The van der Waals surface area contributed by atoms with Crippen molar-refractivity contribution >= 4 is 78.0 Å². The summed E-state index contributed by atoms with van der Waals surface area (Å²) < 4.78 is 2.89. The zero-order chi connectivity index (χ0) is 46.2. The lowest BCUT2D eigenvalue weighted by Gasteiger charge is -2.57. The maximum absolute atomic E-state index is 2.81. The van der Waals surface area contributed by atoms with E-state index in [-0.39, 0.29) is 39.2 Å². The highest BCUT2D eigenvalue weighted by atomic mass is 32.1. The monoisotopic (exact) mass is 889 g/mol. The summed E-state index contributed by atoms with van der Waals surface area (Å²) in [7, 11) is 0. The third-order valence-electron chi connectivity index (χ3n) is 18.1. The summed E-state index contributed by atoms with van der Waals surface area (Å²) in [6.45, 7) is 31.3. The predicted octanol–water partition coefficient (Wildman–Crippen LogP) is 15.7. The largest absolute Gasteiger partial charge is 0.311 e. The van der Waals surface area contributed by atoms with Crippen LogP contribution in [-0.4, -0.2) is 6.71 Å². The third-order valence-corrected chi connectivity index (χ3v) is 19.3. The van der Waals surface area contributed by atoms with Gasteiger partial charge in [-0.2, -0.15) is 0 Å². The van der Waals surface area contributed by atoms with Gasteiger partial charge in [-0.15, -0.1) is 11.3 Å². The Morgan fingerprint density at radius 2 is 1.06 bits per heavy atom. The normalized spacial score (nSPS) is 24.6. The summed E-state index contributed by atoms with van der Waals surface area (Å²) in [5.74, 6) is 2.59.